The standard InChI is InChI=1S/C34H36FNO4.ClH/c1-26(40-31-17-10-11-27(21-31)22-34(37)38)19-20-36(23-30-16-8-9-18-33(30)39-25-35)24-32(28-12-4-2-5-13-28)29-14-6-3-7-15-29;/h2-18,21,26,32H,19-20,22-25H2,1H3,(H,37,38);1H. The number of carboxylic acid groups (broad SMARTS) is 1. The first-order chi connectivity index (χ1) is 19.5. The summed E-state index contributed by atoms with van der Waals surface area (Å²) in [4.78, 5) is 13.5. The van der Waals surface area contributed by atoms with Crippen molar-refractivity contribution in [3.05, 3.63) is 131 Å². The van der Waals surface area contributed by atoms with Gasteiger partial charge in [0.15, 0.2) is 0 Å². The molecule has 4 aromatic rings. The highest BCUT2D eigenvalue weighted by Crippen LogP contribution is 2.28. The maximum Gasteiger partial charge on any atom is 0.307 e. The number of rotatable bonds is 15. The lowest BCUT2D eigenvalue weighted by atomic mass is 9.90. The van der Waals surface area contributed by atoms with Crippen LogP contribution in [0.4, 0.5) is 4.39 Å². The van der Waals surface area contributed by atoms with E-state index in [0.717, 1.165) is 25.1 Å². The fourth-order valence-corrected chi connectivity index (χ4v) is 4.90. The third-order valence-corrected chi connectivity index (χ3v) is 6.86. The summed E-state index contributed by atoms with van der Waals surface area (Å²) in [7, 11) is 0. The van der Waals surface area contributed by atoms with Gasteiger partial charge in [-0.3, -0.25) is 9.69 Å². The number of alkyl halides is 1. The van der Waals surface area contributed by atoms with Crippen LogP contribution in [-0.2, 0) is 17.8 Å². The van der Waals surface area contributed by atoms with Crippen LogP contribution in [0, 0.1) is 0 Å². The number of ether oxygens (including phenoxy) is 2. The van der Waals surface area contributed by atoms with Gasteiger partial charge in [0, 0.05) is 31.1 Å². The topological polar surface area (TPSA) is 59.0 Å². The zero-order valence-corrected chi connectivity index (χ0v) is 24.0. The minimum Gasteiger partial charge on any atom is -0.491 e. The van der Waals surface area contributed by atoms with Crippen LogP contribution in [0.15, 0.2) is 109 Å². The van der Waals surface area contributed by atoms with Crippen molar-refractivity contribution in [1.82, 2.24) is 4.90 Å². The molecule has 1 atom stereocenters. The second-order valence-corrected chi connectivity index (χ2v) is 9.91. The highest BCUT2D eigenvalue weighted by atomic mass is 35.5. The summed E-state index contributed by atoms with van der Waals surface area (Å²) in [5.74, 6) is 0.473. The molecule has 41 heavy (non-hydrogen) atoms. The Morgan fingerprint density at radius 1 is 0.878 bits per heavy atom. The summed E-state index contributed by atoms with van der Waals surface area (Å²) in [5.41, 5.74) is 4.09. The first kappa shape index (κ1) is 31.7. The third-order valence-electron chi connectivity index (χ3n) is 6.86. The van der Waals surface area contributed by atoms with Crippen molar-refractivity contribution >= 4 is 18.4 Å². The maximum absolute atomic E-state index is 13.1. The van der Waals surface area contributed by atoms with Crippen LogP contribution in [0.2, 0.25) is 0 Å². The molecule has 1 N–H and O–H groups in total. The molecule has 0 aliphatic heterocycles. The Bertz CT molecular complexity index is 1300. The Morgan fingerprint density at radius 3 is 2.15 bits per heavy atom. The predicted molar refractivity (Wildman–Crippen MR) is 163 cm³/mol. The van der Waals surface area contributed by atoms with Gasteiger partial charge in [0.25, 0.3) is 0 Å². The van der Waals surface area contributed by atoms with Gasteiger partial charge in [0.05, 0.1) is 12.5 Å². The highest BCUT2D eigenvalue weighted by molar-refractivity contribution is 5.85. The van der Waals surface area contributed by atoms with Gasteiger partial charge in [-0.05, 0) is 48.2 Å². The van der Waals surface area contributed by atoms with Crippen molar-refractivity contribution in [3.63, 3.8) is 0 Å². The summed E-state index contributed by atoms with van der Waals surface area (Å²) >= 11 is 0. The SMILES string of the molecule is CC(CCN(Cc1ccccc1OCF)CC(c1ccccc1)c1ccccc1)Oc1cccc(CC(=O)O)c1.Cl. The van der Waals surface area contributed by atoms with Crippen molar-refractivity contribution in [2.24, 2.45) is 0 Å². The Balaban J connectivity index is 0.00000462. The van der Waals surface area contributed by atoms with Gasteiger partial charge in [0.2, 0.25) is 6.86 Å². The van der Waals surface area contributed by atoms with Gasteiger partial charge in [-0.1, -0.05) is 91.0 Å². The maximum atomic E-state index is 13.1. The van der Waals surface area contributed by atoms with Crippen LogP contribution in [0.1, 0.15) is 41.5 Å². The van der Waals surface area contributed by atoms with Crippen molar-refractivity contribution in [1.29, 1.82) is 0 Å². The van der Waals surface area contributed by atoms with Crippen LogP contribution in [-0.4, -0.2) is 42.0 Å². The van der Waals surface area contributed by atoms with E-state index in [0.29, 0.717) is 23.6 Å². The molecule has 0 radical (unpaired) electrons. The zero-order valence-electron chi connectivity index (χ0n) is 23.2. The number of aliphatic carboxylic acids is 1. The predicted octanol–water partition coefficient (Wildman–Crippen LogP) is 7.53. The molecule has 4 rings (SSSR count). The molecule has 1 unspecified atom stereocenters. The monoisotopic (exact) mass is 577 g/mol. The number of nitrogens with zero attached hydrogens (tertiary/aromatic N) is 1. The smallest absolute Gasteiger partial charge is 0.307 e. The fourth-order valence-electron chi connectivity index (χ4n) is 4.90. The lowest BCUT2D eigenvalue weighted by Gasteiger charge is -2.30. The van der Waals surface area contributed by atoms with Crippen LogP contribution >= 0.6 is 12.4 Å². The molecule has 4 aromatic carbocycles. The number of carbonyl (C=O) groups is 1. The zero-order chi connectivity index (χ0) is 28.2. The van der Waals surface area contributed by atoms with Crippen molar-refractivity contribution in [2.45, 2.75) is 38.3 Å². The van der Waals surface area contributed by atoms with Gasteiger partial charge >= 0.3 is 5.97 Å². The van der Waals surface area contributed by atoms with Crippen LogP contribution in [0.5, 0.6) is 11.5 Å². The molecular formula is C34H37ClFNO4. The highest BCUT2D eigenvalue weighted by Gasteiger charge is 2.20. The average Bonchev–Trinajstić information content (AvgIpc) is 2.96. The van der Waals surface area contributed by atoms with Crippen molar-refractivity contribution in [2.75, 3.05) is 20.0 Å². The normalized spacial score (nSPS) is 11.6. The largest absolute Gasteiger partial charge is 0.491 e. The molecule has 0 aliphatic rings. The summed E-state index contributed by atoms with van der Waals surface area (Å²) in [6.07, 6.45) is 0.595. The summed E-state index contributed by atoms with van der Waals surface area (Å²) in [6, 6.07) is 35.8. The Labute approximate surface area is 248 Å². The molecular weight excluding hydrogens is 541 g/mol. The van der Waals surface area contributed by atoms with Gasteiger partial charge < -0.3 is 14.6 Å². The van der Waals surface area contributed by atoms with Crippen molar-refractivity contribution in [3.8, 4) is 11.5 Å². The van der Waals surface area contributed by atoms with Gasteiger partial charge in [-0.15, -0.1) is 12.4 Å². The number of carboxylic acids is 1. The Kier molecular flexibility index (Phi) is 12.7. The number of hydrogen-bond acceptors (Lipinski definition) is 4. The quantitative estimate of drug-likeness (QED) is 0.158. The van der Waals surface area contributed by atoms with Crippen molar-refractivity contribution < 1.29 is 23.8 Å². The minimum atomic E-state index is -0.876. The van der Waals surface area contributed by atoms with Crippen LogP contribution < -0.4 is 9.47 Å². The molecule has 0 aliphatic carbocycles. The van der Waals surface area contributed by atoms with Gasteiger partial charge in [0.1, 0.15) is 11.5 Å². The number of benzene rings is 4. The molecule has 216 valence electrons. The van der Waals surface area contributed by atoms with Crippen LogP contribution in [0.3, 0.4) is 0 Å². The second kappa shape index (κ2) is 16.4. The van der Waals surface area contributed by atoms with Gasteiger partial charge in [-0.25, -0.2) is 4.39 Å². The van der Waals surface area contributed by atoms with E-state index in [1.807, 2.05) is 49.4 Å². The minimum absolute atomic E-state index is 0. The molecule has 0 spiro atoms. The average molecular weight is 578 g/mol. The van der Waals surface area contributed by atoms with Gasteiger partial charge in [-0.2, -0.15) is 0 Å². The second-order valence-electron chi connectivity index (χ2n) is 9.91. The fraction of sp³-hybridized carbons (Fsp3) is 0.265. The number of halogens is 2. The molecule has 0 saturated carbocycles. The molecule has 0 amide bonds. The Morgan fingerprint density at radius 2 is 1.51 bits per heavy atom. The van der Waals surface area contributed by atoms with E-state index < -0.39 is 12.8 Å². The van der Waals surface area contributed by atoms with Crippen LogP contribution in [0.25, 0.3) is 0 Å². The molecule has 7 heteroatoms. The number of para-hydroxylation sites is 1. The number of hydrogen-bond donors (Lipinski definition) is 1. The van der Waals surface area contributed by atoms with E-state index in [2.05, 4.69) is 53.4 Å². The van der Waals surface area contributed by atoms with E-state index >= 15 is 0 Å². The van der Waals surface area contributed by atoms with E-state index in [1.54, 1.807) is 18.2 Å². The lowest BCUT2D eigenvalue weighted by molar-refractivity contribution is -0.136. The molecule has 5 nitrogen and oxygen atoms in total. The van der Waals surface area contributed by atoms with E-state index in [-0.39, 0.29) is 30.8 Å². The summed E-state index contributed by atoms with van der Waals surface area (Å²) < 4.78 is 24.6. The molecule has 0 aromatic heterocycles. The Hall–Kier alpha value is -3.87. The van der Waals surface area contributed by atoms with E-state index in [9.17, 15) is 9.18 Å². The molecule has 0 bridgehead atoms. The van der Waals surface area contributed by atoms with E-state index in [1.165, 1.54) is 11.1 Å². The summed E-state index contributed by atoms with van der Waals surface area (Å²) in [5, 5.41) is 9.12. The lowest BCUT2D eigenvalue weighted by Crippen LogP contribution is -2.32. The molecule has 0 saturated heterocycles. The first-order valence-corrected chi connectivity index (χ1v) is 13.6. The summed E-state index contributed by atoms with van der Waals surface area (Å²) in [6.45, 7) is 3.22. The van der Waals surface area contributed by atoms with E-state index in [4.69, 9.17) is 14.6 Å². The first-order valence-electron chi connectivity index (χ1n) is 13.6. The molecule has 0 fully saturated rings. The third kappa shape index (κ3) is 9.92. The molecule has 0 heterocycles.